The summed E-state index contributed by atoms with van der Waals surface area (Å²) in [5, 5.41) is 3.34. The number of ether oxygens (including phenoxy) is 1. The fourth-order valence-corrected chi connectivity index (χ4v) is 3.75. The molecule has 1 aliphatic heterocycles. The summed E-state index contributed by atoms with van der Waals surface area (Å²) >= 11 is 0. The Morgan fingerprint density at radius 2 is 2.14 bits per heavy atom. The molecule has 7 heteroatoms. The molecule has 2 rings (SSSR count). The first-order chi connectivity index (χ1) is 10.2. The van der Waals surface area contributed by atoms with Crippen molar-refractivity contribution in [3.63, 3.8) is 0 Å². The predicted octanol–water partition coefficient (Wildman–Crippen LogP) is 1.83. The third-order valence-corrected chi connectivity index (χ3v) is 5.55. The van der Waals surface area contributed by atoms with Crippen LogP contribution in [0.15, 0.2) is 18.2 Å². The second-order valence-corrected chi connectivity index (χ2v) is 11.5. The van der Waals surface area contributed by atoms with Crippen molar-refractivity contribution in [1.29, 1.82) is 0 Å². The Balaban J connectivity index is 2.14. The average Bonchev–Trinajstić information content (AvgIpc) is 2.76. The van der Waals surface area contributed by atoms with Crippen LogP contribution >= 0.6 is 0 Å². The summed E-state index contributed by atoms with van der Waals surface area (Å²) < 4.78 is 19.5. The van der Waals surface area contributed by atoms with Gasteiger partial charge in [-0.1, -0.05) is 25.7 Å². The van der Waals surface area contributed by atoms with Crippen LogP contribution in [0.5, 0.6) is 0 Å². The number of carbonyl (C=O) groups excluding carboxylic acids is 2. The Morgan fingerprint density at radius 1 is 1.45 bits per heavy atom. The molecule has 120 valence electrons. The van der Waals surface area contributed by atoms with Gasteiger partial charge >= 0.3 is 6.09 Å². The quantitative estimate of drug-likeness (QED) is 0.860. The van der Waals surface area contributed by atoms with Gasteiger partial charge in [0.15, 0.2) is 0 Å². The van der Waals surface area contributed by atoms with E-state index in [-0.39, 0.29) is 18.3 Å². The maximum Gasteiger partial charge on any atom is 0.414 e. The van der Waals surface area contributed by atoms with Crippen LogP contribution in [0.1, 0.15) is 6.92 Å². The zero-order valence-electron chi connectivity index (χ0n) is 13.3. The first-order valence-corrected chi connectivity index (χ1v) is 10.7. The van der Waals surface area contributed by atoms with E-state index in [9.17, 15) is 14.0 Å². The van der Waals surface area contributed by atoms with E-state index in [4.69, 9.17) is 4.74 Å². The van der Waals surface area contributed by atoms with Crippen LogP contribution in [0.4, 0.5) is 14.9 Å². The molecule has 2 amide bonds. The first-order valence-electron chi connectivity index (χ1n) is 7.21. The van der Waals surface area contributed by atoms with Crippen LogP contribution in [0.3, 0.4) is 0 Å². The fourth-order valence-electron chi connectivity index (χ4n) is 2.38. The minimum atomic E-state index is -1.75. The van der Waals surface area contributed by atoms with E-state index in [0.29, 0.717) is 12.2 Å². The molecule has 1 aliphatic rings. The normalized spacial score (nSPS) is 18.3. The molecule has 0 aromatic heterocycles. The largest absolute Gasteiger partial charge is 0.442 e. The van der Waals surface area contributed by atoms with Gasteiger partial charge in [0.25, 0.3) is 0 Å². The smallest absolute Gasteiger partial charge is 0.414 e. The van der Waals surface area contributed by atoms with Gasteiger partial charge in [-0.3, -0.25) is 9.69 Å². The van der Waals surface area contributed by atoms with Gasteiger partial charge in [0, 0.05) is 6.92 Å². The van der Waals surface area contributed by atoms with Crippen LogP contribution < -0.4 is 15.4 Å². The van der Waals surface area contributed by atoms with Crippen LogP contribution in [-0.2, 0) is 9.53 Å². The van der Waals surface area contributed by atoms with Crippen LogP contribution in [0.2, 0.25) is 19.6 Å². The highest BCUT2D eigenvalue weighted by Gasteiger charge is 2.33. The molecule has 1 aromatic rings. The number of amides is 2. The molecule has 1 N–H and O–H groups in total. The predicted molar refractivity (Wildman–Crippen MR) is 85.7 cm³/mol. The highest BCUT2D eigenvalue weighted by molar-refractivity contribution is 6.88. The van der Waals surface area contributed by atoms with Crippen LogP contribution in [-0.4, -0.2) is 39.3 Å². The number of benzene rings is 1. The lowest BCUT2D eigenvalue weighted by Crippen LogP contribution is -2.40. The van der Waals surface area contributed by atoms with E-state index < -0.39 is 20.3 Å². The fraction of sp³-hybridized carbons (Fsp3) is 0.467. The number of carbonyl (C=O) groups is 2. The molecule has 1 unspecified atom stereocenters. The summed E-state index contributed by atoms with van der Waals surface area (Å²) in [6.07, 6.45) is -0.938. The van der Waals surface area contributed by atoms with Crippen LogP contribution in [0.25, 0.3) is 0 Å². The standard InChI is InChI=1S/C15H21FN2O3Si/c1-10(19)17-8-12-9-18(15(20)21-12)11-5-6-14(13(16)7-11)22(2,3)4/h5-7,12H,8-9H2,1-4H3,(H,17,19). The van der Waals surface area contributed by atoms with Gasteiger partial charge in [-0.15, -0.1) is 0 Å². The lowest BCUT2D eigenvalue weighted by molar-refractivity contribution is -0.119. The minimum absolute atomic E-state index is 0.181. The number of anilines is 1. The monoisotopic (exact) mass is 324 g/mol. The van der Waals surface area contributed by atoms with Gasteiger partial charge in [0.05, 0.1) is 26.9 Å². The molecule has 0 aliphatic carbocycles. The SMILES string of the molecule is CC(=O)NCC1CN(c2ccc([Si](C)(C)C)c(F)c2)C(=O)O1. The number of hydrogen-bond acceptors (Lipinski definition) is 3. The average molecular weight is 324 g/mol. The summed E-state index contributed by atoms with van der Waals surface area (Å²) in [5.74, 6) is -0.463. The van der Waals surface area contributed by atoms with Crippen molar-refractivity contribution >= 4 is 30.9 Å². The van der Waals surface area contributed by atoms with E-state index in [2.05, 4.69) is 25.0 Å². The molecule has 1 saturated heterocycles. The second-order valence-electron chi connectivity index (χ2n) is 6.47. The minimum Gasteiger partial charge on any atom is -0.442 e. The topological polar surface area (TPSA) is 58.6 Å². The molecule has 0 spiro atoms. The van der Waals surface area contributed by atoms with Gasteiger partial charge < -0.3 is 10.1 Å². The van der Waals surface area contributed by atoms with Gasteiger partial charge in [-0.25, -0.2) is 9.18 Å². The van der Waals surface area contributed by atoms with E-state index in [1.807, 2.05) is 0 Å². The van der Waals surface area contributed by atoms with Crippen molar-refractivity contribution in [1.82, 2.24) is 5.32 Å². The molecule has 0 radical (unpaired) electrons. The third-order valence-electron chi connectivity index (χ3n) is 3.53. The first kappa shape index (κ1) is 16.5. The summed E-state index contributed by atoms with van der Waals surface area (Å²) in [7, 11) is -1.75. The molecule has 1 fully saturated rings. The van der Waals surface area contributed by atoms with Gasteiger partial charge in [0.1, 0.15) is 11.9 Å². The van der Waals surface area contributed by atoms with Gasteiger partial charge in [-0.05, 0) is 17.3 Å². The van der Waals surface area contributed by atoms with E-state index >= 15 is 0 Å². The Labute approximate surface area is 130 Å². The molecule has 0 bridgehead atoms. The van der Waals surface area contributed by atoms with E-state index in [1.54, 1.807) is 12.1 Å². The summed E-state index contributed by atoms with van der Waals surface area (Å²) in [6.45, 7) is 8.16. The van der Waals surface area contributed by atoms with Crippen molar-refractivity contribution < 1.29 is 18.7 Å². The third kappa shape index (κ3) is 3.65. The van der Waals surface area contributed by atoms with Crippen molar-refractivity contribution in [3.05, 3.63) is 24.0 Å². The maximum atomic E-state index is 14.3. The number of nitrogens with zero attached hydrogens (tertiary/aromatic N) is 1. The van der Waals surface area contributed by atoms with Gasteiger partial charge in [0.2, 0.25) is 5.91 Å². The van der Waals surface area contributed by atoms with Crippen molar-refractivity contribution in [3.8, 4) is 0 Å². The van der Waals surface area contributed by atoms with E-state index in [1.165, 1.54) is 17.9 Å². The van der Waals surface area contributed by atoms with Crippen molar-refractivity contribution in [2.45, 2.75) is 32.7 Å². The van der Waals surface area contributed by atoms with Gasteiger partial charge in [-0.2, -0.15) is 0 Å². The molecule has 1 heterocycles. The number of rotatable bonds is 4. The number of halogens is 1. The molecule has 1 aromatic carbocycles. The molecular weight excluding hydrogens is 303 g/mol. The zero-order valence-corrected chi connectivity index (χ0v) is 14.3. The van der Waals surface area contributed by atoms with Crippen molar-refractivity contribution in [2.75, 3.05) is 18.0 Å². The Kier molecular flexibility index (Phi) is 4.55. The number of cyclic esters (lactones) is 1. The molecule has 5 nitrogen and oxygen atoms in total. The highest BCUT2D eigenvalue weighted by Crippen LogP contribution is 2.22. The Hall–Kier alpha value is -1.89. The highest BCUT2D eigenvalue weighted by atomic mass is 28.3. The zero-order chi connectivity index (χ0) is 16.5. The summed E-state index contributed by atoms with van der Waals surface area (Å²) in [5.41, 5.74) is 0.481. The lowest BCUT2D eigenvalue weighted by Gasteiger charge is -2.20. The maximum absolute atomic E-state index is 14.3. The number of nitrogens with one attached hydrogen (secondary N) is 1. The molecule has 22 heavy (non-hydrogen) atoms. The second kappa shape index (κ2) is 6.08. The summed E-state index contributed by atoms with van der Waals surface area (Å²) in [4.78, 5) is 24.2. The number of hydrogen-bond donors (Lipinski definition) is 1. The van der Waals surface area contributed by atoms with Crippen LogP contribution in [0, 0.1) is 5.82 Å². The Morgan fingerprint density at radius 3 is 2.68 bits per heavy atom. The Bertz CT molecular complexity index is 601. The van der Waals surface area contributed by atoms with E-state index in [0.717, 1.165) is 5.19 Å². The molecular formula is C15H21FN2O3Si. The summed E-state index contributed by atoms with van der Waals surface area (Å²) in [6, 6.07) is 4.89. The lowest BCUT2D eigenvalue weighted by atomic mass is 10.2. The molecule has 0 saturated carbocycles. The van der Waals surface area contributed by atoms with Crippen molar-refractivity contribution in [2.24, 2.45) is 0 Å². The molecule has 1 atom stereocenters.